The van der Waals surface area contributed by atoms with Crippen LogP contribution >= 0.6 is 0 Å². The second kappa shape index (κ2) is 5.81. The normalized spacial score (nSPS) is 21.0. The number of carbonyl (C=O) groups excluding carboxylic acids is 2. The molecule has 6 nitrogen and oxygen atoms in total. The van der Waals surface area contributed by atoms with E-state index in [4.69, 9.17) is 4.52 Å². The summed E-state index contributed by atoms with van der Waals surface area (Å²) in [5.74, 6) is 0.389. The van der Waals surface area contributed by atoms with Gasteiger partial charge in [-0.2, -0.15) is 0 Å². The van der Waals surface area contributed by atoms with Gasteiger partial charge in [-0.05, 0) is 24.0 Å². The molecule has 3 amide bonds. The Kier molecular flexibility index (Phi) is 3.40. The van der Waals surface area contributed by atoms with Crippen LogP contribution in [0.25, 0.3) is 11.3 Å². The van der Waals surface area contributed by atoms with Crippen molar-refractivity contribution in [3.63, 3.8) is 0 Å². The quantitative estimate of drug-likeness (QED) is 0.729. The Balaban J connectivity index is 1.42. The number of imide groups is 1. The molecule has 1 aromatic heterocycles. The van der Waals surface area contributed by atoms with Gasteiger partial charge in [-0.1, -0.05) is 59.8 Å². The lowest BCUT2D eigenvalue weighted by Crippen LogP contribution is -2.41. The molecular weight excluding hydrogens is 342 g/mol. The van der Waals surface area contributed by atoms with Crippen LogP contribution in [0.1, 0.15) is 23.2 Å². The molecule has 134 valence electrons. The third-order valence-electron chi connectivity index (χ3n) is 5.36. The number of carbonyl (C=O) groups is 2. The molecule has 0 unspecified atom stereocenters. The topological polar surface area (TPSA) is 75.4 Å². The molecule has 1 spiro atoms. The van der Waals surface area contributed by atoms with E-state index in [0.29, 0.717) is 17.9 Å². The summed E-state index contributed by atoms with van der Waals surface area (Å²) >= 11 is 0. The van der Waals surface area contributed by atoms with Crippen LogP contribution in [0.4, 0.5) is 4.79 Å². The Morgan fingerprint density at radius 3 is 2.70 bits per heavy atom. The molecule has 6 heteroatoms. The van der Waals surface area contributed by atoms with Gasteiger partial charge in [-0.3, -0.25) is 9.69 Å². The standard InChI is InChI=1S/C21H17N3O3/c25-19-21(11-10-14-6-4-5-9-17(14)21)22-20(26)24(19)13-16-12-18(27-23-16)15-7-2-1-3-8-15/h1-9,12H,10-11,13H2,(H,22,26)/t21-/m1/s1. The minimum absolute atomic E-state index is 0.0882. The third kappa shape index (κ3) is 2.37. The van der Waals surface area contributed by atoms with E-state index in [9.17, 15) is 9.59 Å². The lowest BCUT2D eigenvalue weighted by molar-refractivity contribution is -0.132. The third-order valence-corrected chi connectivity index (χ3v) is 5.36. The molecule has 1 aliphatic carbocycles. The molecule has 2 heterocycles. The van der Waals surface area contributed by atoms with Gasteiger partial charge in [0.05, 0.1) is 6.54 Å². The van der Waals surface area contributed by atoms with Gasteiger partial charge in [-0.25, -0.2) is 4.79 Å². The van der Waals surface area contributed by atoms with Gasteiger partial charge >= 0.3 is 6.03 Å². The number of urea groups is 1. The summed E-state index contributed by atoms with van der Waals surface area (Å²) in [6.45, 7) is 0.0882. The first-order valence-electron chi connectivity index (χ1n) is 8.91. The molecule has 1 N–H and O–H groups in total. The number of amides is 3. The van der Waals surface area contributed by atoms with Crippen molar-refractivity contribution in [2.45, 2.75) is 24.9 Å². The summed E-state index contributed by atoms with van der Waals surface area (Å²) in [5.41, 5.74) is 2.51. The fourth-order valence-corrected chi connectivity index (χ4v) is 4.02. The van der Waals surface area contributed by atoms with Crippen molar-refractivity contribution in [1.29, 1.82) is 0 Å². The van der Waals surface area contributed by atoms with Crippen molar-refractivity contribution < 1.29 is 14.1 Å². The molecule has 0 bridgehead atoms. The molecule has 1 saturated heterocycles. The van der Waals surface area contributed by atoms with E-state index in [-0.39, 0.29) is 18.5 Å². The lowest BCUT2D eigenvalue weighted by atomic mass is 9.92. The Labute approximate surface area is 155 Å². The van der Waals surface area contributed by atoms with E-state index < -0.39 is 5.54 Å². The van der Waals surface area contributed by atoms with Crippen LogP contribution in [0.2, 0.25) is 0 Å². The van der Waals surface area contributed by atoms with Gasteiger partial charge in [-0.15, -0.1) is 0 Å². The zero-order chi connectivity index (χ0) is 18.4. The summed E-state index contributed by atoms with van der Waals surface area (Å²) in [4.78, 5) is 27.0. The second-order valence-electron chi connectivity index (χ2n) is 6.93. The molecule has 1 aliphatic heterocycles. The summed E-state index contributed by atoms with van der Waals surface area (Å²) < 4.78 is 5.39. The average molecular weight is 359 g/mol. The highest BCUT2D eigenvalue weighted by Crippen LogP contribution is 2.41. The van der Waals surface area contributed by atoms with Crippen LogP contribution in [0.3, 0.4) is 0 Å². The number of nitrogens with zero attached hydrogens (tertiary/aromatic N) is 2. The summed E-state index contributed by atoms with van der Waals surface area (Å²) in [7, 11) is 0. The Morgan fingerprint density at radius 1 is 1.07 bits per heavy atom. The molecule has 2 aromatic carbocycles. The van der Waals surface area contributed by atoms with E-state index in [2.05, 4.69) is 10.5 Å². The Morgan fingerprint density at radius 2 is 1.85 bits per heavy atom. The number of hydrogen-bond donors (Lipinski definition) is 1. The smallest absolute Gasteiger partial charge is 0.325 e. The highest BCUT2D eigenvalue weighted by Gasteiger charge is 2.55. The summed E-state index contributed by atoms with van der Waals surface area (Å²) in [5, 5.41) is 6.96. The zero-order valence-electron chi connectivity index (χ0n) is 14.5. The molecule has 2 aliphatic rings. The molecule has 1 fully saturated rings. The van der Waals surface area contributed by atoms with Crippen LogP contribution in [-0.2, 0) is 23.3 Å². The Hall–Kier alpha value is -3.41. The number of benzene rings is 2. The number of hydrogen-bond acceptors (Lipinski definition) is 4. The van der Waals surface area contributed by atoms with Crippen molar-refractivity contribution in [3.05, 3.63) is 77.5 Å². The van der Waals surface area contributed by atoms with Gasteiger partial charge < -0.3 is 9.84 Å². The molecule has 0 saturated carbocycles. The number of aromatic nitrogens is 1. The SMILES string of the molecule is O=C1N[C@@]2(CCc3ccccc32)C(=O)N1Cc1cc(-c2ccccc2)on1. The van der Waals surface area contributed by atoms with Crippen molar-refractivity contribution in [1.82, 2.24) is 15.4 Å². The lowest BCUT2D eigenvalue weighted by Gasteiger charge is -2.22. The van der Waals surface area contributed by atoms with Gasteiger partial charge in [0.2, 0.25) is 0 Å². The minimum atomic E-state index is -0.945. The first-order valence-corrected chi connectivity index (χ1v) is 8.91. The van der Waals surface area contributed by atoms with Gasteiger partial charge in [0.25, 0.3) is 5.91 Å². The van der Waals surface area contributed by atoms with Crippen LogP contribution < -0.4 is 5.32 Å². The van der Waals surface area contributed by atoms with E-state index >= 15 is 0 Å². The molecule has 1 atom stereocenters. The van der Waals surface area contributed by atoms with Crippen LogP contribution in [0.15, 0.2) is 65.2 Å². The van der Waals surface area contributed by atoms with Crippen molar-refractivity contribution >= 4 is 11.9 Å². The number of rotatable bonds is 3. The maximum absolute atomic E-state index is 13.2. The van der Waals surface area contributed by atoms with Gasteiger partial charge in [0, 0.05) is 11.6 Å². The Bertz CT molecular complexity index is 1040. The first kappa shape index (κ1) is 15.8. The fourth-order valence-electron chi connectivity index (χ4n) is 4.02. The molecule has 3 aromatic rings. The maximum Gasteiger partial charge on any atom is 0.325 e. The van der Waals surface area contributed by atoms with Gasteiger partial charge in [0.15, 0.2) is 5.76 Å². The first-order chi connectivity index (χ1) is 13.2. The molecule has 5 rings (SSSR count). The molecule has 0 radical (unpaired) electrons. The van der Waals surface area contributed by atoms with Crippen molar-refractivity contribution in [2.75, 3.05) is 0 Å². The highest BCUT2D eigenvalue weighted by molar-refractivity contribution is 6.08. The monoisotopic (exact) mass is 359 g/mol. The predicted octanol–water partition coefficient (Wildman–Crippen LogP) is 3.24. The highest BCUT2D eigenvalue weighted by atomic mass is 16.5. The number of nitrogens with one attached hydrogen (secondary N) is 1. The minimum Gasteiger partial charge on any atom is -0.356 e. The predicted molar refractivity (Wildman–Crippen MR) is 97.5 cm³/mol. The van der Waals surface area contributed by atoms with E-state index in [1.165, 1.54) is 4.90 Å². The van der Waals surface area contributed by atoms with E-state index in [1.807, 2.05) is 54.6 Å². The number of fused-ring (bicyclic) bond motifs is 2. The fraction of sp³-hybridized carbons (Fsp3) is 0.190. The van der Waals surface area contributed by atoms with Gasteiger partial charge in [0.1, 0.15) is 11.2 Å². The van der Waals surface area contributed by atoms with Crippen LogP contribution in [-0.4, -0.2) is 22.0 Å². The molecular formula is C21H17N3O3. The summed E-state index contributed by atoms with van der Waals surface area (Å²) in [6, 6.07) is 18.8. The summed E-state index contributed by atoms with van der Waals surface area (Å²) in [6.07, 6.45) is 1.36. The molecule has 27 heavy (non-hydrogen) atoms. The number of aryl methyl sites for hydroxylation is 1. The second-order valence-corrected chi connectivity index (χ2v) is 6.93. The average Bonchev–Trinajstić information content (AvgIpc) is 3.38. The van der Waals surface area contributed by atoms with Crippen LogP contribution in [0.5, 0.6) is 0 Å². The van der Waals surface area contributed by atoms with E-state index in [0.717, 1.165) is 23.1 Å². The van der Waals surface area contributed by atoms with Crippen molar-refractivity contribution in [2.24, 2.45) is 0 Å². The van der Waals surface area contributed by atoms with E-state index in [1.54, 1.807) is 6.07 Å². The largest absolute Gasteiger partial charge is 0.356 e. The maximum atomic E-state index is 13.2. The zero-order valence-corrected chi connectivity index (χ0v) is 14.5. The van der Waals surface area contributed by atoms with Crippen molar-refractivity contribution in [3.8, 4) is 11.3 Å². The van der Waals surface area contributed by atoms with Crippen LogP contribution in [0, 0.1) is 0 Å².